The number of amides is 1. The van der Waals surface area contributed by atoms with Crippen LogP contribution in [0.4, 0.5) is 4.79 Å². The highest BCUT2D eigenvalue weighted by Gasteiger charge is 2.43. The number of hydrogen-bond donors (Lipinski definition) is 0. The first-order chi connectivity index (χ1) is 14.0. The Morgan fingerprint density at radius 1 is 1.27 bits per heavy atom. The molecule has 1 saturated heterocycles. The first-order valence-electron chi connectivity index (χ1n) is 10.8. The lowest BCUT2D eigenvalue weighted by Crippen LogP contribution is -2.49. The molecular weight excluding hydrogens is 378 g/mol. The van der Waals surface area contributed by atoms with E-state index in [9.17, 15) is 9.59 Å². The number of esters is 1. The molecule has 1 aliphatic rings. The summed E-state index contributed by atoms with van der Waals surface area (Å²) in [5.41, 5.74) is 1.37. The minimum atomic E-state index is -0.608. The Hall–Kier alpha value is -2.30. The zero-order chi connectivity index (χ0) is 22.5. The second-order valence-electron chi connectivity index (χ2n) is 9.86. The van der Waals surface area contributed by atoms with Crippen molar-refractivity contribution in [1.82, 2.24) is 4.90 Å². The molecule has 30 heavy (non-hydrogen) atoms. The molecular formula is C25H37NO4. The van der Waals surface area contributed by atoms with Crippen LogP contribution in [0.3, 0.4) is 0 Å². The van der Waals surface area contributed by atoms with Gasteiger partial charge in [0.25, 0.3) is 0 Å². The third-order valence-corrected chi connectivity index (χ3v) is 5.08. The van der Waals surface area contributed by atoms with Gasteiger partial charge >= 0.3 is 12.1 Å². The standard InChI is InChI=1S/C25H37NO4/c1-17(2)13-20-15-22(29-23(20)27)21(14-18(3)4)26(24(28)30-25(5,6)7)16-19-11-9-8-10-12-19/h8-12,18,20-22H,1,13-16H2,2-7H3/t20-,21+,22+/m1/s1. The average Bonchev–Trinajstić information content (AvgIpc) is 2.97. The van der Waals surface area contributed by atoms with Gasteiger partial charge in [-0.3, -0.25) is 9.69 Å². The van der Waals surface area contributed by atoms with Gasteiger partial charge in [-0.25, -0.2) is 4.79 Å². The molecule has 1 aromatic rings. The fourth-order valence-electron chi connectivity index (χ4n) is 3.87. The maximum Gasteiger partial charge on any atom is 0.410 e. The number of nitrogens with zero attached hydrogens (tertiary/aromatic N) is 1. The van der Waals surface area contributed by atoms with Crippen molar-refractivity contribution >= 4 is 12.1 Å². The van der Waals surface area contributed by atoms with Crippen LogP contribution in [-0.4, -0.2) is 34.7 Å². The first-order valence-corrected chi connectivity index (χ1v) is 10.8. The van der Waals surface area contributed by atoms with Gasteiger partial charge < -0.3 is 9.47 Å². The van der Waals surface area contributed by atoms with E-state index in [1.54, 1.807) is 4.90 Å². The number of benzene rings is 1. The lowest BCUT2D eigenvalue weighted by molar-refractivity contribution is -0.146. The van der Waals surface area contributed by atoms with E-state index in [2.05, 4.69) is 20.4 Å². The summed E-state index contributed by atoms with van der Waals surface area (Å²) in [5, 5.41) is 0. The number of ether oxygens (including phenoxy) is 2. The highest BCUT2D eigenvalue weighted by Crippen LogP contribution is 2.33. The van der Waals surface area contributed by atoms with E-state index < -0.39 is 5.60 Å². The SMILES string of the molecule is C=C(C)C[C@@H]1C[C@@H]([C@H](CC(C)C)N(Cc2ccccc2)C(=O)OC(C)(C)C)OC1=O. The smallest absolute Gasteiger partial charge is 0.410 e. The molecule has 166 valence electrons. The Kier molecular flexibility index (Phi) is 8.10. The quantitative estimate of drug-likeness (QED) is 0.401. The van der Waals surface area contributed by atoms with Crippen LogP contribution in [-0.2, 0) is 20.8 Å². The highest BCUT2D eigenvalue weighted by atomic mass is 16.6. The summed E-state index contributed by atoms with van der Waals surface area (Å²) in [6, 6.07) is 9.60. The zero-order valence-corrected chi connectivity index (χ0v) is 19.3. The minimum absolute atomic E-state index is 0.194. The lowest BCUT2D eigenvalue weighted by Gasteiger charge is -2.37. The summed E-state index contributed by atoms with van der Waals surface area (Å²) in [6.45, 7) is 16.1. The van der Waals surface area contributed by atoms with E-state index in [4.69, 9.17) is 9.47 Å². The van der Waals surface area contributed by atoms with Gasteiger partial charge in [0.15, 0.2) is 0 Å². The molecule has 5 nitrogen and oxygen atoms in total. The Morgan fingerprint density at radius 3 is 2.43 bits per heavy atom. The number of carbonyl (C=O) groups is 2. The number of hydrogen-bond acceptors (Lipinski definition) is 4. The van der Waals surface area contributed by atoms with Gasteiger partial charge in [-0.15, -0.1) is 6.58 Å². The van der Waals surface area contributed by atoms with Crippen molar-refractivity contribution in [3.8, 4) is 0 Å². The van der Waals surface area contributed by atoms with Crippen LogP contribution in [0.15, 0.2) is 42.5 Å². The number of cyclic esters (lactones) is 1. The highest BCUT2D eigenvalue weighted by molar-refractivity contribution is 5.75. The van der Waals surface area contributed by atoms with Gasteiger partial charge in [-0.05, 0) is 58.4 Å². The molecule has 3 atom stereocenters. The van der Waals surface area contributed by atoms with E-state index in [1.165, 1.54) is 0 Å². The fourth-order valence-corrected chi connectivity index (χ4v) is 3.87. The molecule has 1 fully saturated rings. The second-order valence-corrected chi connectivity index (χ2v) is 9.86. The maximum atomic E-state index is 13.2. The summed E-state index contributed by atoms with van der Waals surface area (Å²) < 4.78 is 11.6. The summed E-state index contributed by atoms with van der Waals surface area (Å²) in [5.74, 6) is -0.0606. The van der Waals surface area contributed by atoms with Crippen LogP contribution in [0.2, 0.25) is 0 Å². The Morgan fingerprint density at radius 2 is 1.90 bits per heavy atom. The van der Waals surface area contributed by atoms with Gasteiger partial charge in [0.1, 0.15) is 11.7 Å². The van der Waals surface area contributed by atoms with E-state index in [0.717, 1.165) is 17.6 Å². The summed E-state index contributed by atoms with van der Waals surface area (Å²) in [4.78, 5) is 27.5. The topological polar surface area (TPSA) is 55.8 Å². The van der Waals surface area contributed by atoms with Crippen LogP contribution in [0.5, 0.6) is 0 Å². The van der Waals surface area contributed by atoms with Crippen LogP contribution in [0.1, 0.15) is 66.4 Å². The van der Waals surface area contributed by atoms with Gasteiger partial charge in [0.2, 0.25) is 0 Å². The van der Waals surface area contributed by atoms with Crippen LogP contribution < -0.4 is 0 Å². The molecule has 1 aliphatic heterocycles. The third-order valence-electron chi connectivity index (χ3n) is 5.08. The molecule has 0 bridgehead atoms. The van der Waals surface area contributed by atoms with Gasteiger partial charge in [0.05, 0.1) is 12.0 Å². The van der Waals surface area contributed by atoms with Gasteiger partial charge in [0, 0.05) is 6.54 Å². The van der Waals surface area contributed by atoms with Crippen molar-refractivity contribution in [2.75, 3.05) is 0 Å². The molecule has 0 saturated carbocycles. The largest absolute Gasteiger partial charge is 0.460 e. The van der Waals surface area contributed by atoms with Crippen molar-refractivity contribution in [3.63, 3.8) is 0 Å². The van der Waals surface area contributed by atoms with Crippen molar-refractivity contribution < 1.29 is 19.1 Å². The molecule has 0 aliphatic carbocycles. The predicted molar refractivity (Wildman–Crippen MR) is 119 cm³/mol. The zero-order valence-electron chi connectivity index (χ0n) is 19.3. The molecule has 2 rings (SSSR count). The molecule has 0 spiro atoms. The van der Waals surface area contributed by atoms with E-state index in [0.29, 0.717) is 25.3 Å². The van der Waals surface area contributed by atoms with Crippen LogP contribution in [0, 0.1) is 11.8 Å². The maximum absolute atomic E-state index is 13.2. The van der Waals surface area contributed by atoms with Gasteiger partial charge in [-0.2, -0.15) is 0 Å². The molecule has 1 amide bonds. The average molecular weight is 416 g/mol. The van der Waals surface area contributed by atoms with E-state index in [1.807, 2.05) is 58.0 Å². The fraction of sp³-hybridized carbons (Fsp3) is 0.600. The lowest BCUT2D eigenvalue weighted by atomic mass is 9.91. The number of carbonyl (C=O) groups excluding carboxylic acids is 2. The summed E-state index contributed by atoms with van der Waals surface area (Å²) >= 11 is 0. The third kappa shape index (κ3) is 7.19. The molecule has 1 heterocycles. The Bertz CT molecular complexity index is 735. The van der Waals surface area contributed by atoms with Gasteiger partial charge in [-0.1, -0.05) is 49.8 Å². The molecule has 1 aromatic carbocycles. The number of allylic oxidation sites excluding steroid dienone is 1. The van der Waals surface area contributed by atoms with Crippen molar-refractivity contribution in [2.24, 2.45) is 11.8 Å². The Balaban J connectivity index is 2.34. The van der Waals surface area contributed by atoms with Crippen molar-refractivity contribution in [3.05, 3.63) is 48.0 Å². The van der Waals surface area contributed by atoms with E-state index >= 15 is 0 Å². The minimum Gasteiger partial charge on any atom is -0.460 e. The molecule has 0 aromatic heterocycles. The molecule has 0 unspecified atom stereocenters. The van der Waals surface area contributed by atoms with Crippen molar-refractivity contribution in [2.45, 2.75) is 85.1 Å². The molecule has 5 heteroatoms. The summed E-state index contributed by atoms with van der Waals surface area (Å²) in [6.07, 6.45) is 1.22. The van der Waals surface area contributed by atoms with Crippen LogP contribution >= 0.6 is 0 Å². The first kappa shape index (κ1) is 24.0. The monoisotopic (exact) mass is 415 g/mol. The normalized spacial score (nSPS) is 20.0. The molecule has 0 radical (unpaired) electrons. The number of rotatable bonds is 8. The predicted octanol–water partition coefficient (Wildman–Crippen LogP) is 5.74. The summed E-state index contributed by atoms with van der Waals surface area (Å²) in [7, 11) is 0. The van der Waals surface area contributed by atoms with E-state index in [-0.39, 0.29) is 30.1 Å². The Labute approximate surface area is 181 Å². The second kappa shape index (κ2) is 10.1. The molecule has 0 N–H and O–H groups in total. The van der Waals surface area contributed by atoms with Crippen LogP contribution in [0.25, 0.3) is 0 Å². The van der Waals surface area contributed by atoms with Crippen molar-refractivity contribution in [1.29, 1.82) is 0 Å².